The molecule has 0 atom stereocenters. The molecule has 2 rings (SSSR count). The first kappa shape index (κ1) is 17.3. The van der Waals surface area contributed by atoms with Crippen molar-refractivity contribution in [2.24, 2.45) is 0 Å². The van der Waals surface area contributed by atoms with Crippen LogP contribution in [0.4, 0.5) is 21.5 Å². The van der Waals surface area contributed by atoms with Crippen molar-refractivity contribution in [3.05, 3.63) is 64.0 Å². The summed E-state index contributed by atoms with van der Waals surface area (Å²) in [6.07, 6.45) is 0.970. The summed E-state index contributed by atoms with van der Waals surface area (Å²) < 4.78 is 37.9. The molecule has 0 aliphatic heterocycles. The fourth-order valence-electron chi connectivity index (χ4n) is 1.87. The first-order valence-corrected chi connectivity index (χ1v) is 8.38. The fourth-order valence-corrected chi connectivity index (χ4v) is 2.43. The molecule has 2 N–H and O–H groups in total. The quantitative estimate of drug-likeness (QED) is 0.632. The highest BCUT2D eigenvalue weighted by atomic mass is 32.2. The Morgan fingerprint density at radius 1 is 1.17 bits per heavy atom. The number of hydrogen-bond acceptors (Lipinski definition) is 5. The zero-order chi connectivity index (χ0) is 17.9. The summed E-state index contributed by atoms with van der Waals surface area (Å²) in [5.41, 5.74) is -0.416. The lowest BCUT2D eigenvalue weighted by molar-refractivity contribution is -0.387. The summed E-state index contributed by atoms with van der Waals surface area (Å²) in [6.45, 7) is 0. The topological polar surface area (TPSA) is 118 Å². The molecule has 0 spiro atoms. The normalized spacial score (nSPS) is 10.9. The minimum atomic E-state index is -3.50. The lowest BCUT2D eigenvalue weighted by Crippen LogP contribution is -2.14. The van der Waals surface area contributed by atoms with E-state index in [0.29, 0.717) is 0 Å². The van der Waals surface area contributed by atoms with Crippen molar-refractivity contribution >= 4 is 33.0 Å². The van der Waals surface area contributed by atoms with Crippen LogP contribution in [0.3, 0.4) is 0 Å². The second-order valence-electron chi connectivity index (χ2n) is 4.83. The SMILES string of the molecule is CS(=O)(=O)Nc1cccc(C(=O)Nc2ccc(F)c([N+](=O)[O-])c2)c1. The van der Waals surface area contributed by atoms with Crippen LogP contribution >= 0.6 is 0 Å². The summed E-state index contributed by atoms with van der Waals surface area (Å²) in [5.74, 6) is -1.65. The molecule has 0 aromatic heterocycles. The summed E-state index contributed by atoms with van der Waals surface area (Å²) in [6, 6.07) is 8.60. The van der Waals surface area contributed by atoms with Gasteiger partial charge in [0.2, 0.25) is 15.8 Å². The van der Waals surface area contributed by atoms with Gasteiger partial charge in [0.05, 0.1) is 11.2 Å². The van der Waals surface area contributed by atoms with Crippen molar-refractivity contribution in [2.45, 2.75) is 0 Å². The molecule has 126 valence electrons. The highest BCUT2D eigenvalue weighted by Gasteiger charge is 2.16. The molecule has 0 saturated heterocycles. The molecule has 0 heterocycles. The number of carbonyl (C=O) groups is 1. The average molecular weight is 353 g/mol. The van der Waals surface area contributed by atoms with Gasteiger partial charge in [-0.3, -0.25) is 19.6 Å². The van der Waals surface area contributed by atoms with Gasteiger partial charge in [-0.1, -0.05) is 6.07 Å². The van der Waals surface area contributed by atoms with E-state index in [4.69, 9.17) is 0 Å². The maximum absolute atomic E-state index is 13.3. The summed E-state index contributed by atoms with van der Waals surface area (Å²) >= 11 is 0. The van der Waals surface area contributed by atoms with Crippen LogP contribution in [0.15, 0.2) is 42.5 Å². The van der Waals surface area contributed by atoms with Crippen LogP contribution in [-0.2, 0) is 10.0 Å². The van der Waals surface area contributed by atoms with Crippen LogP contribution in [0.5, 0.6) is 0 Å². The molecule has 2 aromatic rings. The Labute approximate surface area is 136 Å². The van der Waals surface area contributed by atoms with E-state index in [1.165, 1.54) is 30.3 Å². The Hall–Kier alpha value is -3.01. The van der Waals surface area contributed by atoms with E-state index in [9.17, 15) is 27.7 Å². The lowest BCUT2D eigenvalue weighted by Gasteiger charge is -2.08. The number of carbonyl (C=O) groups excluding carboxylic acids is 1. The van der Waals surface area contributed by atoms with Gasteiger partial charge in [-0.2, -0.15) is 4.39 Å². The molecule has 2 aromatic carbocycles. The number of amides is 1. The number of nitro groups is 1. The van der Waals surface area contributed by atoms with Crippen molar-refractivity contribution in [3.63, 3.8) is 0 Å². The Bertz CT molecular complexity index is 914. The maximum Gasteiger partial charge on any atom is 0.306 e. The number of sulfonamides is 1. The van der Waals surface area contributed by atoms with Gasteiger partial charge >= 0.3 is 5.69 Å². The van der Waals surface area contributed by atoms with Crippen molar-refractivity contribution < 1.29 is 22.5 Å². The molecule has 0 radical (unpaired) electrons. The molecular formula is C14H12FN3O5S. The number of halogens is 1. The van der Waals surface area contributed by atoms with Crippen molar-refractivity contribution in [1.82, 2.24) is 0 Å². The Morgan fingerprint density at radius 2 is 1.88 bits per heavy atom. The van der Waals surface area contributed by atoms with Gasteiger partial charge in [-0.05, 0) is 30.3 Å². The Morgan fingerprint density at radius 3 is 2.50 bits per heavy atom. The third-order valence-corrected chi connectivity index (χ3v) is 3.44. The summed E-state index contributed by atoms with van der Waals surface area (Å²) in [4.78, 5) is 21.9. The van der Waals surface area contributed by atoms with E-state index in [-0.39, 0.29) is 16.9 Å². The van der Waals surface area contributed by atoms with Crippen molar-refractivity contribution in [3.8, 4) is 0 Å². The molecule has 0 aliphatic carbocycles. The Balaban J connectivity index is 2.23. The third kappa shape index (κ3) is 4.49. The summed E-state index contributed by atoms with van der Waals surface area (Å²) in [5, 5.41) is 13.1. The van der Waals surface area contributed by atoms with Gasteiger partial charge in [0.1, 0.15) is 0 Å². The average Bonchev–Trinajstić information content (AvgIpc) is 2.47. The molecule has 0 saturated carbocycles. The van der Waals surface area contributed by atoms with E-state index in [2.05, 4.69) is 10.0 Å². The van der Waals surface area contributed by atoms with Gasteiger partial charge < -0.3 is 5.32 Å². The molecule has 0 fully saturated rings. The van der Waals surface area contributed by atoms with Gasteiger partial charge in [0, 0.05) is 23.0 Å². The van der Waals surface area contributed by atoms with Gasteiger partial charge in [0.25, 0.3) is 5.91 Å². The first-order valence-electron chi connectivity index (χ1n) is 6.49. The standard InChI is InChI=1S/C14H12FN3O5S/c1-24(22,23)17-11-4-2-3-9(7-11)14(19)16-10-5-6-12(15)13(8-10)18(20)21/h2-8,17H,1H3,(H,16,19). The van der Waals surface area contributed by atoms with Crippen LogP contribution in [0.2, 0.25) is 0 Å². The van der Waals surface area contributed by atoms with E-state index < -0.39 is 32.4 Å². The van der Waals surface area contributed by atoms with Crippen molar-refractivity contribution in [2.75, 3.05) is 16.3 Å². The predicted octanol–water partition coefficient (Wildman–Crippen LogP) is 2.36. The Kier molecular flexibility index (Phi) is 4.79. The van der Waals surface area contributed by atoms with Crippen molar-refractivity contribution in [1.29, 1.82) is 0 Å². The predicted molar refractivity (Wildman–Crippen MR) is 85.9 cm³/mol. The smallest absolute Gasteiger partial charge is 0.306 e. The molecule has 10 heteroatoms. The first-order chi connectivity index (χ1) is 11.2. The van der Waals surface area contributed by atoms with E-state index in [1.807, 2.05) is 0 Å². The number of nitrogens with zero attached hydrogens (tertiary/aromatic N) is 1. The highest BCUT2D eigenvalue weighted by Crippen LogP contribution is 2.22. The number of hydrogen-bond donors (Lipinski definition) is 2. The second-order valence-corrected chi connectivity index (χ2v) is 6.58. The zero-order valence-corrected chi connectivity index (χ0v) is 13.1. The largest absolute Gasteiger partial charge is 0.322 e. The number of benzene rings is 2. The van der Waals surface area contributed by atoms with E-state index in [0.717, 1.165) is 18.4 Å². The highest BCUT2D eigenvalue weighted by molar-refractivity contribution is 7.92. The summed E-state index contributed by atoms with van der Waals surface area (Å²) in [7, 11) is -3.50. The lowest BCUT2D eigenvalue weighted by atomic mass is 10.2. The number of nitro benzene ring substituents is 1. The van der Waals surface area contributed by atoms with Gasteiger partial charge in [-0.15, -0.1) is 0 Å². The second kappa shape index (κ2) is 6.62. The van der Waals surface area contributed by atoms with Crippen LogP contribution in [0.25, 0.3) is 0 Å². The monoisotopic (exact) mass is 353 g/mol. The van der Waals surface area contributed by atoms with E-state index >= 15 is 0 Å². The number of nitrogens with one attached hydrogen (secondary N) is 2. The maximum atomic E-state index is 13.3. The van der Waals surface area contributed by atoms with Gasteiger partial charge in [0.15, 0.2) is 0 Å². The number of rotatable bonds is 5. The molecular weight excluding hydrogens is 341 g/mol. The zero-order valence-electron chi connectivity index (χ0n) is 12.3. The van der Waals surface area contributed by atoms with E-state index in [1.54, 1.807) is 0 Å². The molecule has 0 aliphatic rings. The minimum absolute atomic E-state index is 0.0366. The van der Waals surface area contributed by atoms with Crippen LogP contribution < -0.4 is 10.0 Å². The third-order valence-electron chi connectivity index (χ3n) is 2.83. The van der Waals surface area contributed by atoms with Crippen LogP contribution in [0, 0.1) is 15.9 Å². The molecule has 24 heavy (non-hydrogen) atoms. The number of anilines is 2. The van der Waals surface area contributed by atoms with Crippen LogP contribution in [-0.4, -0.2) is 25.5 Å². The minimum Gasteiger partial charge on any atom is -0.322 e. The molecule has 8 nitrogen and oxygen atoms in total. The van der Waals surface area contributed by atoms with Gasteiger partial charge in [-0.25, -0.2) is 8.42 Å². The fraction of sp³-hybridized carbons (Fsp3) is 0.0714. The molecule has 1 amide bonds. The molecule has 0 bridgehead atoms. The molecule has 0 unspecified atom stereocenters. The van der Waals surface area contributed by atoms with Crippen LogP contribution in [0.1, 0.15) is 10.4 Å².